The zero-order valence-corrected chi connectivity index (χ0v) is 12.1. The molecule has 3 aromatic rings. The zero-order chi connectivity index (χ0) is 13.8. The average Bonchev–Trinajstić information content (AvgIpc) is 2.97. The highest BCUT2D eigenvalue weighted by atomic mass is 32.1. The van der Waals surface area contributed by atoms with Gasteiger partial charge in [0.2, 0.25) is 0 Å². The predicted molar refractivity (Wildman–Crippen MR) is 86.0 cm³/mol. The molecule has 0 amide bonds. The Morgan fingerprint density at radius 1 is 0.950 bits per heavy atom. The minimum Gasteiger partial charge on any atom is -0.355 e. The average molecular weight is 280 g/mol. The van der Waals surface area contributed by atoms with Crippen molar-refractivity contribution in [1.29, 1.82) is 0 Å². The van der Waals surface area contributed by atoms with E-state index in [0.717, 1.165) is 16.4 Å². The normalized spacial score (nSPS) is 12.1. The maximum Gasteiger partial charge on any atom is 0.183 e. The van der Waals surface area contributed by atoms with Crippen LogP contribution < -0.4 is 5.32 Å². The molecule has 100 valence electrons. The summed E-state index contributed by atoms with van der Waals surface area (Å²) < 4.78 is 0. The van der Waals surface area contributed by atoms with Gasteiger partial charge in [0.05, 0.1) is 11.7 Å². The molecule has 0 unspecified atom stereocenters. The first-order valence-corrected chi connectivity index (χ1v) is 7.53. The van der Waals surface area contributed by atoms with Gasteiger partial charge in [-0.3, -0.25) is 0 Å². The van der Waals surface area contributed by atoms with Crippen LogP contribution in [0.5, 0.6) is 0 Å². The van der Waals surface area contributed by atoms with E-state index in [1.807, 2.05) is 24.3 Å². The smallest absolute Gasteiger partial charge is 0.183 e. The van der Waals surface area contributed by atoms with Gasteiger partial charge in [0, 0.05) is 10.9 Å². The number of thiazole rings is 1. The molecule has 1 N–H and O–H groups in total. The summed E-state index contributed by atoms with van der Waals surface area (Å²) in [5.41, 5.74) is 3.45. The van der Waals surface area contributed by atoms with E-state index in [4.69, 9.17) is 0 Å². The molecular weight excluding hydrogens is 264 g/mol. The third-order valence-corrected chi connectivity index (χ3v) is 3.99. The fraction of sp³-hybridized carbons (Fsp3) is 0.118. The van der Waals surface area contributed by atoms with E-state index in [0.29, 0.717) is 0 Å². The molecule has 0 saturated carbocycles. The summed E-state index contributed by atoms with van der Waals surface area (Å²) in [6.45, 7) is 2.15. The van der Waals surface area contributed by atoms with Gasteiger partial charge in [0.1, 0.15) is 0 Å². The lowest BCUT2D eigenvalue weighted by atomic mass is 10.1. The number of nitrogens with zero attached hydrogens (tertiary/aromatic N) is 1. The summed E-state index contributed by atoms with van der Waals surface area (Å²) in [6, 6.07) is 20.9. The molecule has 0 aliphatic heterocycles. The number of nitrogens with one attached hydrogen (secondary N) is 1. The highest BCUT2D eigenvalue weighted by Crippen LogP contribution is 2.27. The number of anilines is 1. The van der Waals surface area contributed by atoms with E-state index in [-0.39, 0.29) is 6.04 Å². The Morgan fingerprint density at radius 2 is 1.60 bits per heavy atom. The Kier molecular flexibility index (Phi) is 3.79. The fourth-order valence-corrected chi connectivity index (χ4v) is 2.90. The predicted octanol–water partition coefficient (Wildman–Crippen LogP) is 4.98. The van der Waals surface area contributed by atoms with Crippen molar-refractivity contribution in [3.05, 3.63) is 71.6 Å². The maximum atomic E-state index is 4.65. The second-order valence-corrected chi connectivity index (χ2v) is 5.54. The lowest BCUT2D eigenvalue weighted by molar-refractivity contribution is 0.882. The van der Waals surface area contributed by atoms with Gasteiger partial charge >= 0.3 is 0 Å². The molecule has 20 heavy (non-hydrogen) atoms. The van der Waals surface area contributed by atoms with Crippen LogP contribution in [0.15, 0.2) is 66.0 Å². The highest BCUT2D eigenvalue weighted by molar-refractivity contribution is 7.14. The molecule has 0 aliphatic rings. The first-order chi connectivity index (χ1) is 9.83. The maximum absolute atomic E-state index is 4.65. The third-order valence-electron chi connectivity index (χ3n) is 3.21. The van der Waals surface area contributed by atoms with Gasteiger partial charge in [0.25, 0.3) is 0 Å². The number of hydrogen-bond acceptors (Lipinski definition) is 3. The number of benzene rings is 2. The molecule has 1 aromatic heterocycles. The van der Waals surface area contributed by atoms with Crippen molar-refractivity contribution in [2.45, 2.75) is 13.0 Å². The Labute approximate surface area is 123 Å². The van der Waals surface area contributed by atoms with Crippen LogP contribution in [0.1, 0.15) is 18.5 Å². The van der Waals surface area contributed by atoms with E-state index in [9.17, 15) is 0 Å². The van der Waals surface area contributed by atoms with E-state index in [1.165, 1.54) is 5.56 Å². The van der Waals surface area contributed by atoms with Gasteiger partial charge in [0.15, 0.2) is 5.13 Å². The summed E-state index contributed by atoms with van der Waals surface area (Å²) in [5.74, 6) is 0. The molecule has 1 heterocycles. The molecule has 0 radical (unpaired) electrons. The van der Waals surface area contributed by atoms with Gasteiger partial charge < -0.3 is 5.32 Å². The molecule has 0 bridgehead atoms. The third kappa shape index (κ3) is 2.89. The Balaban J connectivity index is 1.75. The van der Waals surface area contributed by atoms with Crippen LogP contribution in [0.2, 0.25) is 0 Å². The second kappa shape index (κ2) is 5.88. The summed E-state index contributed by atoms with van der Waals surface area (Å²) >= 11 is 1.65. The highest BCUT2D eigenvalue weighted by Gasteiger charge is 2.08. The van der Waals surface area contributed by atoms with Crippen molar-refractivity contribution < 1.29 is 0 Å². The second-order valence-electron chi connectivity index (χ2n) is 4.68. The van der Waals surface area contributed by atoms with Crippen molar-refractivity contribution in [2.75, 3.05) is 5.32 Å². The van der Waals surface area contributed by atoms with E-state index in [2.05, 4.69) is 59.0 Å². The molecular formula is C17H16N2S. The van der Waals surface area contributed by atoms with Crippen molar-refractivity contribution in [2.24, 2.45) is 0 Å². The van der Waals surface area contributed by atoms with E-state index >= 15 is 0 Å². The largest absolute Gasteiger partial charge is 0.355 e. The van der Waals surface area contributed by atoms with Gasteiger partial charge in [-0.15, -0.1) is 11.3 Å². The SMILES string of the molecule is C[C@@H](Nc1nc(-c2ccccc2)cs1)c1ccccc1. The van der Waals surface area contributed by atoms with Crippen LogP contribution >= 0.6 is 11.3 Å². The number of hydrogen-bond donors (Lipinski definition) is 1. The summed E-state index contributed by atoms with van der Waals surface area (Å²) in [6.07, 6.45) is 0. The molecule has 0 spiro atoms. The van der Waals surface area contributed by atoms with Gasteiger partial charge in [-0.25, -0.2) is 4.98 Å². The standard InChI is InChI=1S/C17H16N2S/c1-13(14-8-4-2-5-9-14)18-17-19-16(12-20-17)15-10-6-3-7-11-15/h2-13H,1H3,(H,18,19)/t13-/m1/s1. The van der Waals surface area contributed by atoms with Crippen LogP contribution in [-0.2, 0) is 0 Å². The van der Waals surface area contributed by atoms with Crippen LogP contribution in [0.25, 0.3) is 11.3 Å². The van der Waals surface area contributed by atoms with Crippen LogP contribution in [0.3, 0.4) is 0 Å². The number of aromatic nitrogens is 1. The monoisotopic (exact) mass is 280 g/mol. The molecule has 2 aromatic carbocycles. The first kappa shape index (κ1) is 12.9. The summed E-state index contributed by atoms with van der Waals surface area (Å²) in [4.78, 5) is 4.65. The Hall–Kier alpha value is -2.13. The Bertz CT molecular complexity index is 662. The van der Waals surface area contributed by atoms with Gasteiger partial charge in [-0.2, -0.15) is 0 Å². The van der Waals surface area contributed by atoms with Crippen molar-refractivity contribution in [3.63, 3.8) is 0 Å². The molecule has 1 atom stereocenters. The molecule has 3 heteroatoms. The molecule has 0 saturated heterocycles. The molecule has 2 nitrogen and oxygen atoms in total. The van der Waals surface area contributed by atoms with Crippen LogP contribution in [-0.4, -0.2) is 4.98 Å². The number of rotatable bonds is 4. The lowest BCUT2D eigenvalue weighted by Crippen LogP contribution is -2.05. The van der Waals surface area contributed by atoms with E-state index < -0.39 is 0 Å². The van der Waals surface area contributed by atoms with E-state index in [1.54, 1.807) is 11.3 Å². The van der Waals surface area contributed by atoms with Crippen molar-refractivity contribution in [3.8, 4) is 11.3 Å². The lowest BCUT2D eigenvalue weighted by Gasteiger charge is -2.12. The topological polar surface area (TPSA) is 24.9 Å². The zero-order valence-electron chi connectivity index (χ0n) is 11.3. The molecule has 3 rings (SSSR count). The van der Waals surface area contributed by atoms with Crippen LogP contribution in [0.4, 0.5) is 5.13 Å². The quantitative estimate of drug-likeness (QED) is 0.728. The Morgan fingerprint density at radius 3 is 2.30 bits per heavy atom. The molecule has 0 fully saturated rings. The van der Waals surface area contributed by atoms with Crippen molar-refractivity contribution in [1.82, 2.24) is 4.98 Å². The fourth-order valence-electron chi connectivity index (χ4n) is 2.09. The van der Waals surface area contributed by atoms with Crippen LogP contribution in [0, 0.1) is 0 Å². The minimum atomic E-state index is 0.256. The summed E-state index contributed by atoms with van der Waals surface area (Å²) in [7, 11) is 0. The van der Waals surface area contributed by atoms with Gasteiger partial charge in [-0.1, -0.05) is 60.7 Å². The molecule has 0 aliphatic carbocycles. The summed E-state index contributed by atoms with van der Waals surface area (Å²) in [5, 5.41) is 6.51. The minimum absolute atomic E-state index is 0.256. The first-order valence-electron chi connectivity index (χ1n) is 6.65. The van der Waals surface area contributed by atoms with Gasteiger partial charge in [-0.05, 0) is 12.5 Å². The van der Waals surface area contributed by atoms with Crippen molar-refractivity contribution >= 4 is 16.5 Å².